The fourth-order valence-electron chi connectivity index (χ4n) is 1.99. The van der Waals surface area contributed by atoms with E-state index >= 15 is 0 Å². The van der Waals surface area contributed by atoms with Crippen LogP contribution in [0, 0.1) is 6.92 Å². The highest BCUT2D eigenvalue weighted by molar-refractivity contribution is 7.89. The molecule has 5 nitrogen and oxygen atoms in total. The second-order valence-corrected chi connectivity index (χ2v) is 6.72. The van der Waals surface area contributed by atoms with Crippen molar-refractivity contribution in [1.82, 2.24) is 4.31 Å². The molecule has 0 amide bonds. The Hall–Kier alpha value is -1.63. The van der Waals surface area contributed by atoms with Gasteiger partial charge in [0.25, 0.3) is 0 Å². The summed E-state index contributed by atoms with van der Waals surface area (Å²) in [7, 11) is -2.01. The van der Waals surface area contributed by atoms with Crippen molar-refractivity contribution < 1.29 is 17.6 Å². The maximum absolute atomic E-state index is 12.8. The summed E-state index contributed by atoms with van der Waals surface area (Å²) in [5.74, 6) is 0. The molecule has 21 heavy (non-hydrogen) atoms. The van der Waals surface area contributed by atoms with E-state index in [1.807, 2.05) is 13.0 Å². The minimum absolute atomic E-state index is 0.260. The molecule has 0 saturated heterocycles. The summed E-state index contributed by atoms with van der Waals surface area (Å²) in [6.07, 6.45) is 3.08. The summed E-state index contributed by atoms with van der Waals surface area (Å²) in [5.41, 5.74) is 1.72. The van der Waals surface area contributed by atoms with Gasteiger partial charge in [0.2, 0.25) is 10.0 Å². The van der Waals surface area contributed by atoms with Crippen molar-refractivity contribution in [2.24, 2.45) is 0 Å². The van der Waals surface area contributed by atoms with Crippen molar-refractivity contribution in [2.75, 3.05) is 20.3 Å². The molecule has 2 aromatic rings. The highest BCUT2D eigenvalue weighted by Crippen LogP contribution is 2.19. The molecule has 0 fully saturated rings. The zero-order valence-electron chi connectivity index (χ0n) is 12.2. The van der Waals surface area contributed by atoms with E-state index in [9.17, 15) is 8.42 Å². The lowest BCUT2D eigenvalue weighted by Crippen LogP contribution is -2.33. The zero-order chi connectivity index (χ0) is 15.3. The van der Waals surface area contributed by atoms with Crippen LogP contribution in [0.5, 0.6) is 0 Å². The summed E-state index contributed by atoms with van der Waals surface area (Å²) in [6, 6.07) is 8.65. The van der Waals surface area contributed by atoms with E-state index < -0.39 is 10.0 Å². The average molecular weight is 309 g/mol. The third-order valence-corrected chi connectivity index (χ3v) is 4.95. The average Bonchev–Trinajstić information content (AvgIpc) is 2.96. The first-order valence-corrected chi connectivity index (χ1v) is 8.05. The van der Waals surface area contributed by atoms with Gasteiger partial charge in [-0.05, 0) is 30.7 Å². The smallest absolute Gasteiger partial charge is 0.243 e. The number of nitrogens with zero attached hydrogens (tertiary/aromatic N) is 1. The van der Waals surface area contributed by atoms with Crippen LogP contribution in [0.1, 0.15) is 11.1 Å². The molecule has 0 aliphatic heterocycles. The third-order valence-electron chi connectivity index (χ3n) is 3.11. The third kappa shape index (κ3) is 3.93. The lowest BCUT2D eigenvalue weighted by atomic mass is 10.2. The number of hydrogen-bond donors (Lipinski definition) is 0. The zero-order valence-corrected chi connectivity index (χ0v) is 13.0. The van der Waals surface area contributed by atoms with E-state index in [0.29, 0.717) is 11.5 Å². The van der Waals surface area contributed by atoms with Crippen molar-refractivity contribution >= 4 is 10.0 Å². The first-order valence-electron chi connectivity index (χ1n) is 6.61. The highest BCUT2D eigenvalue weighted by Gasteiger charge is 2.24. The molecular formula is C15H19NO4S. The van der Waals surface area contributed by atoms with E-state index in [-0.39, 0.29) is 13.1 Å². The van der Waals surface area contributed by atoms with E-state index in [1.54, 1.807) is 37.6 Å². The first kappa shape index (κ1) is 15.8. The topological polar surface area (TPSA) is 59.8 Å². The molecule has 1 heterocycles. The molecule has 1 aromatic carbocycles. The maximum atomic E-state index is 12.8. The van der Waals surface area contributed by atoms with E-state index in [2.05, 4.69) is 0 Å². The van der Waals surface area contributed by atoms with Crippen LogP contribution in [0.2, 0.25) is 0 Å². The van der Waals surface area contributed by atoms with Gasteiger partial charge >= 0.3 is 0 Å². The fraction of sp³-hybridized carbons (Fsp3) is 0.333. The Morgan fingerprint density at radius 3 is 2.71 bits per heavy atom. The van der Waals surface area contributed by atoms with Crippen LogP contribution in [0.3, 0.4) is 0 Å². The Kier molecular flexibility index (Phi) is 5.17. The number of aryl methyl sites for hydroxylation is 1. The SMILES string of the molecule is COCCN(Cc1ccoc1)S(=O)(=O)c1cccc(C)c1. The van der Waals surface area contributed by atoms with Gasteiger partial charge in [-0.15, -0.1) is 0 Å². The minimum atomic E-state index is -3.56. The number of ether oxygens (including phenoxy) is 1. The van der Waals surface area contributed by atoms with Crippen molar-refractivity contribution in [3.05, 3.63) is 54.0 Å². The summed E-state index contributed by atoms with van der Waals surface area (Å²) >= 11 is 0. The molecule has 0 N–H and O–H groups in total. The molecule has 0 saturated carbocycles. The molecule has 1 aromatic heterocycles. The quantitative estimate of drug-likeness (QED) is 0.788. The number of furan rings is 1. The van der Waals surface area contributed by atoms with Crippen molar-refractivity contribution in [1.29, 1.82) is 0 Å². The number of sulfonamides is 1. The van der Waals surface area contributed by atoms with Crippen LogP contribution in [-0.4, -0.2) is 33.0 Å². The summed E-state index contributed by atoms with van der Waals surface area (Å²) < 4.78 is 36.9. The number of benzene rings is 1. The van der Waals surface area contributed by atoms with Crippen molar-refractivity contribution in [3.8, 4) is 0 Å². The van der Waals surface area contributed by atoms with Crippen molar-refractivity contribution in [2.45, 2.75) is 18.4 Å². The molecule has 0 spiro atoms. The van der Waals surface area contributed by atoms with Gasteiger partial charge in [-0.3, -0.25) is 0 Å². The molecular weight excluding hydrogens is 290 g/mol. The lowest BCUT2D eigenvalue weighted by molar-refractivity contribution is 0.177. The molecule has 0 radical (unpaired) electrons. The maximum Gasteiger partial charge on any atom is 0.243 e. The van der Waals surface area contributed by atoms with E-state index in [4.69, 9.17) is 9.15 Å². The Labute approximate surface area is 125 Å². The first-order chi connectivity index (χ1) is 10.0. The molecule has 0 bridgehead atoms. The van der Waals surface area contributed by atoms with Crippen LogP contribution in [0.4, 0.5) is 0 Å². The lowest BCUT2D eigenvalue weighted by Gasteiger charge is -2.21. The number of rotatable bonds is 7. The standard InChI is InChI=1S/C15H19NO4S/c1-13-4-3-5-15(10-13)21(17,18)16(7-9-19-2)11-14-6-8-20-12-14/h3-6,8,10,12H,7,9,11H2,1-2H3. The van der Waals surface area contributed by atoms with E-state index in [0.717, 1.165) is 11.1 Å². The Morgan fingerprint density at radius 1 is 1.29 bits per heavy atom. The molecule has 0 unspecified atom stereocenters. The van der Waals surface area contributed by atoms with Gasteiger partial charge in [0.05, 0.1) is 24.0 Å². The molecule has 2 rings (SSSR count). The Balaban J connectivity index is 2.29. The molecule has 114 valence electrons. The predicted molar refractivity (Wildman–Crippen MR) is 79.4 cm³/mol. The Morgan fingerprint density at radius 2 is 2.10 bits per heavy atom. The summed E-state index contributed by atoms with van der Waals surface area (Å²) in [5, 5.41) is 0. The van der Waals surface area contributed by atoms with Gasteiger partial charge in [0, 0.05) is 25.8 Å². The van der Waals surface area contributed by atoms with Crippen molar-refractivity contribution in [3.63, 3.8) is 0 Å². The minimum Gasteiger partial charge on any atom is -0.472 e. The predicted octanol–water partition coefficient (Wildman–Crippen LogP) is 2.43. The van der Waals surface area contributed by atoms with Crippen LogP contribution in [0.15, 0.2) is 52.2 Å². The van der Waals surface area contributed by atoms with E-state index in [1.165, 1.54) is 10.6 Å². The summed E-state index contributed by atoms with van der Waals surface area (Å²) in [4.78, 5) is 0.294. The van der Waals surface area contributed by atoms with Gasteiger partial charge in [0.1, 0.15) is 0 Å². The summed E-state index contributed by atoms with van der Waals surface area (Å²) in [6.45, 7) is 2.76. The van der Waals surface area contributed by atoms with Crippen LogP contribution >= 0.6 is 0 Å². The normalized spacial score (nSPS) is 12.0. The molecule has 0 aliphatic rings. The second kappa shape index (κ2) is 6.89. The highest BCUT2D eigenvalue weighted by atomic mass is 32.2. The molecule has 0 atom stereocenters. The van der Waals surface area contributed by atoms with Gasteiger partial charge in [-0.2, -0.15) is 4.31 Å². The van der Waals surface area contributed by atoms with Crippen LogP contribution < -0.4 is 0 Å². The Bertz CT molecular complexity index is 665. The van der Waals surface area contributed by atoms with Gasteiger partial charge < -0.3 is 9.15 Å². The largest absolute Gasteiger partial charge is 0.472 e. The monoisotopic (exact) mass is 309 g/mol. The van der Waals surface area contributed by atoms with Gasteiger partial charge in [-0.1, -0.05) is 12.1 Å². The van der Waals surface area contributed by atoms with Crippen LogP contribution in [0.25, 0.3) is 0 Å². The molecule has 0 aliphatic carbocycles. The second-order valence-electron chi connectivity index (χ2n) is 4.78. The van der Waals surface area contributed by atoms with Gasteiger partial charge in [-0.25, -0.2) is 8.42 Å². The van der Waals surface area contributed by atoms with Crippen LogP contribution in [-0.2, 0) is 21.3 Å². The number of methoxy groups -OCH3 is 1. The molecule has 6 heteroatoms. The number of hydrogen-bond acceptors (Lipinski definition) is 4. The fourth-order valence-corrected chi connectivity index (χ4v) is 3.51. The van der Waals surface area contributed by atoms with Gasteiger partial charge in [0.15, 0.2) is 0 Å².